The summed E-state index contributed by atoms with van der Waals surface area (Å²) < 4.78 is 48.4. The van der Waals surface area contributed by atoms with Gasteiger partial charge in [0, 0.05) is 12.3 Å². The number of aliphatic hydroxyl groups excluding tert-OH is 5. The summed E-state index contributed by atoms with van der Waals surface area (Å²) in [6.07, 6.45) is -0.710. The minimum absolute atomic E-state index is 0.00544. The minimum atomic E-state index is -4.62. The van der Waals surface area contributed by atoms with Crippen LogP contribution in [-0.2, 0) is 24.1 Å². The van der Waals surface area contributed by atoms with Crippen molar-refractivity contribution in [3.63, 3.8) is 0 Å². The first-order chi connectivity index (χ1) is 20.8. The quantitative estimate of drug-likeness (QED) is 0.146. The van der Waals surface area contributed by atoms with E-state index in [2.05, 4.69) is 26.8 Å². The summed E-state index contributed by atoms with van der Waals surface area (Å²) in [6.45, 7) is 10.1. The molecule has 0 amide bonds. The molecule has 45 heavy (non-hydrogen) atoms. The lowest BCUT2D eigenvalue weighted by molar-refractivity contribution is -0.280. The van der Waals surface area contributed by atoms with Crippen LogP contribution in [0.4, 0.5) is 0 Å². The van der Waals surface area contributed by atoms with Crippen molar-refractivity contribution in [1.82, 2.24) is 0 Å². The molecular formula is C32H54O12S. The van der Waals surface area contributed by atoms with Gasteiger partial charge in [0.15, 0.2) is 6.29 Å². The lowest BCUT2D eigenvalue weighted by Gasteiger charge is -2.66. The Bertz CT molecular complexity index is 1200. The molecule has 0 unspecified atom stereocenters. The molecule has 12 nitrogen and oxygen atoms in total. The number of hydrogen-bond acceptors (Lipinski definition) is 11. The molecule has 0 spiro atoms. The van der Waals surface area contributed by atoms with Crippen LogP contribution in [0.3, 0.4) is 0 Å². The predicted octanol–water partition coefficient (Wildman–Crippen LogP) is 1.56. The van der Waals surface area contributed by atoms with E-state index < -0.39 is 81.8 Å². The number of hydrogen-bond donors (Lipinski definition) is 7. The highest BCUT2D eigenvalue weighted by molar-refractivity contribution is 7.80. The molecule has 5 fully saturated rings. The largest absolute Gasteiger partial charge is 0.397 e. The molecule has 0 radical (unpaired) electrons. The minimum Gasteiger partial charge on any atom is -0.393 e. The van der Waals surface area contributed by atoms with Gasteiger partial charge in [-0.1, -0.05) is 46.8 Å². The Hall–Kier alpha value is -0.710. The maximum atomic E-state index is 12.6. The molecule has 4 aliphatic carbocycles. The molecule has 5 aliphatic rings. The summed E-state index contributed by atoms with van der Waals surface area (Å²) in [5.41, 5.74) is -2.22. The van der Waals surface area contributed by atoms with E-state index in [4.69, 9.17) is 13.7 Å². The van der Waals surface area contributed by atoms with E-state index in [0.29, 0.717) is 25.7 Å². The van der Waals surface area contributed by atoms with Crippen LogP contribution in [0.1, 0.15) is 79.6 Å². The number of rotatable bonds is 8. The fourth-order valence-electron chi connectivity index (χ4n) is 10.5. The van der Waals surface area contributed by atoms with Crippen LogP contribution in [0.2, 0.25) is 0 Å². The molecule has 4 saturated carbocycles. The van der Waals surface area contributed by atoms with Crippen molar-refractivity contribution in [2.24, 2.45) is 46.3 Å². The fourth-order valence-corrected chi connectivity index (χ4v) is 11.0. The SMILES string of the molecule is CC(C)[C@@H](/C=C/[C@@H](C)[C@H]1C[C@H](O)[C@@H]2[C@]1(C)CC[C@@H]1[C@@]3(C)CC[C@H](OS(=O)(=O)O)C[C@@H]3[C@H](O)C[C@]12O)O[C@@H]1OC[C@@H](O)[C@H](O)[C@H]1O. The van der Waals surface area contributed by atoms with Crippen molar-refractivity contribution in [1.29, 1.82) is 0 Å². The monoisotopic (exact) mass is 662 g/mol. The summed E-state index contributed by atoms with van der Waals surface area (Å²) in [6, 6.07) is 0. The van der Waals surface area contributed by atoms with Crippen LogP contribution in [0.15, 0.2) is 12.2 Å². The highest BCUT2D eigenvalue weighted by Crippen LogP contribution is 2.69. The van der Waals surface area contributed by atoms with Crippen LogP contribution in [-0.4, -0.2) is 105 Å². The molecule has 7 N–H and O–H groups in total. The zero-order valence-corrected chi connectivity index (χ0v) is 27.8. The average molecular weight is 663 g/mol. The van der Waals surface area contributed by atoms with E-state index in [1.165, 1.54) is 0 Å². The van der Waals surface area contributed by atoms with Crippen LogP contribution in [0.25, 0.3) is 0 Å². The molecule has 0 aromatic heterocycles. The normalized spacial score (nSPS) is 50.2. The molecule has 0 bridgehead atoms. The Kier molecular flexibility index (Phi) is 9.99. The standard InChI is InChI=1S/C32H54O12S/c1-16(2)24(43-29-27(37)26(36)23(35)15-42-29)7-6-17(3)19-13-21(33)28-31(19,5)11-9-25-30(4)10-8-18(44-45(39,40)41)12-20(30)22(34)14-32(25,28)38/h6-7,16-29,33-38H,8-15H2,1-5H3,(H,39,40,41)/b7-6+/t17-,18+,19-,20-,21+,22-,23-,24-,25-,26+,27-,28-,29+,30+,31-,32+/m1/s1. The van der Waals surface area contributed by atoms with E-state index in [1.54, 1.807) is 0 Å². The van der Waals surface area contributed by atoms with Crippen LogP contribution in [0.5, 0.6) is 0 Å². The van der Waals surface area contributed by atoms with Gasteiger partial charge in [0.2, 0.25) is 0 Å². The highest BCUT2D eigenvalue weighted by Gasteiger charge is 2.70. The van der Waals surface area contributed by atoms with Crippen molar-refractivity contribution in [2.75, 3.05) is 6.61 Å². The second kappa shape index (κ2) is 12.6. The van der Waals surface area contributed by atoms with Gasteiger partial charge in [-0.15, -0.1) is 0 Å². The lowest BCUT2D eigenvalue weighted by Crippen LogP contribution is -2.68. The number of allylic oxidation sites excluding steroid dienone is 1. The van der Waals surface area contributed by atoms with Gasteiger partial charge in [-0.05, 0) is 78.9 Å². The third kappa shape index (κ3) is 6.41. The van der Waals surface area contributed by atoms with Gasteiger partial charge in [-0.3, -0.25) is 4.55 Å². The van der Waals surface area contributed by atoms with Crippen LogP contribution >= 0.6 is 0 Å². The van der Waals surface area contributed by atoms with E-state index in [1.807, 2.05) is 19.9 Å². The smallest absolute Gasteiger partial charge is 0.393 e. The van der Waals surface area contributed by atoms with Crippen molar-refractivity contribution >= 4 is 10.4 Å². The number of ether oxygens (including phenoxy) is 2. The predicted molar refractivity (Wildman–Crippen MR) is 162 cm³/mol. The molecule has 16 atom stereocenters. The summed E-state index contributed by atoms with van der Waals surface area (Å²) in [7, 11) is -4.62. The lowest BCUT2D eigenvalue weighted by atomic mass is 9.42. The molecule has 260 valence electrons. The summed E-state index contributed by atoms with van der Waals surface area (Å²) in [4.78, 5) is 0. The maximum absolute atomic E-state index is 12.6. The molecule has 5 rings (SSSR count). The Morgan fingerprint density at radius 1 is 0.889 bits per heavy atom. The third-order valence-electron chi connectivity index (χ3n) is 12.6. The molecule has 1 aliphatic heterocycles. The Morgan fingerprint density at radius 2 is 1.56 bits per heavy atom. The van der Waals surface area contributed by atoms with Gasteiger partial charge >= 0.3 is 10.4 Å². The van der Waals surface area contributed by atoms with Gasteiger partial charge in [-0.25, -0.2) is 4.18 Å². The van der Waals surface area contributed by atoms with Crippen molar-refractivity contribution < 1.29 is 57.3 Å². The second-order valence-corrected chi connectivity index (χ2v) is 16.7. The summed E-state index contributed by atoms with van der Waals surface area (Å²) in [5.74, 6) is -0.933. The maximum Gasteiger partial charge on any atom is 0.397 e. The fraction of sp³-hybridized carbons (Fsp3) is 0.938. The van der Waals surface area contributed by atoms with E-state index >= 15 is 0 Å². The van der Waals surface area contributed by atoms with Gasteiger partial charge in [0.1, 0.15) is 18.3 Å². The Morgan fingerprint density at radius 3 is 2.20 bits per heavy atom. The first-order valence-corrected chi connectivity index (χ1v) is 17.9. The summed E-state index contributed by atoms with van der Waals surface area (Å²) >= 11 is 0. The van der Waals surface area contributed by atoms with Crippen LogP contribution < -0.4 is 0 Å². The first-order valence-electron chi connectivity index (χ1n) is 16.6. The number of aliphatic hydroxyl groups is 6. The van der Waals surface area contributed by atoms with E-state index in [9.17, 15) is 43.6 Å². The van der Waals surface area contributed by atoms with Crippen molar-refractivity contribution in [3.8, 4) is 0 Å². The third-order valence-corrected chi connectivity index (χ3v) is 13.1. The van der Waals surface area contributed by atoms with Crippen LogP contribution in [0, 0.1) is 46.3 Å². The summed E-state index contributed by atoms with van der Waals surface area (Å²) in [5, 5.41) is 65.8. The Balaban J connectivity index is 1.33. The van der Waals surface area contributed by atoms with Gasteiger partial charge in [0.05, 0.1) is 36.6 Å². The molecule has 1 saturated heterocycles. The highest BCUT2D eigenvalue weighted by atomic mass is 32.3. The molecule has 0 aromatic carbocycles. The zero-order valence-electron chi connectivity index (χ0n) is 27.0. The second-order valence-electron chi connectivity index (χ2n) is 15.6. The number of fused-ring (bicyclic) bond motifs is 5. The molecule has 13 heteroatoms. The topological polar surface area (TPSA) is 203 Å². The van der Waals surface area contributed by atoms with E-state index in [0.717, 1.165) is 6.42 Å². The Labute approximate surface area is 266 Å². The first kappa shape index (κ1) is 35.6. The molecule has 1 heterocycles. The van der Waals surface area contributed by atoms with Crippen molar-refractivity contribution in [3.05, 3.63) is 12.2 Å². The van der Waals surface area contributed by atoms with Gasteiger partial charge in [-0.2, -0.15) is 8.42 Å². The van der Waals surface area contributed by atoms with Crippen molar-refractivity contribution in [2.45, 2.75) is 134 Å². The zero-order chi connectivity index (χ0) is 33.3. The molecular weight excluding hydrogens is 608 g/mol. The van der Waals surface area contributed by atoms with E-state index in [-0.39, 0.29) is 49.0 Å². The van der Waals surface area contributed by atoms with Gasteiger partial charge in [0.25, 0.3) is 0 Å². The average Bonchev–Trinajstić information content (AvgIpc) is 3.21. The van der Waals surface area contributed by atoms with Gasteiger partial charge < -0.3 is 40.1 Å². The molecule has 0 aromatic rings.